The maximum absolute atomic E-state index is 12.2. The zero-order chi connectivity index (χ0) is 14.9. The van der Waals surface area contributed by atoms with Gasteiger partial charge in [0.05, 0.1) is 11.1 Å². The second-order valence-electron chi connectivity index (χ2n) is 3.91. The van der Waals surface area contributed by atoms with Crippen molar-refractivity contribution in [1.29, 1.82) is 0 Å². The molecular formula is C13H8ClNO5. The van der Waals surface area contributed by atoms with Crippen molar-refractivity contribution < 1.29 is 15.0 Å². The van der Waals surface area contributed by atoms with Gasteiger partial charge in [0.15, 0.2) is 11.2 Å². The van der Waals surface area contributed by atoms with Crippen molar-refractivity contribution in [3.63, 3.8) is 0 Å². The number of aromatic hydroxyl groups is 1. The number of aromatic amines is 1. The maximum Gasteiger partial charge on any atom is 0.328 e. The van der Waals surface area contributed by atoms with Gasteiger partial charge < -0.3 is 15.2 Å². The molecule has 2 rings (SSSR count). The van der Waals surface area contributed by atoms with Crippen molar-refractivity contribution >= 4 is 34.5 Å². The van der Waals surface area contributed by atoms with Crippen LogP contribution in [0.2, 0.25) is 5.02 Å². The van der Waals surface area contributed by atoms with Crippen LogP contribution in [0.25, 0.3) is 17.0 Å². The number of carboxylic acids is 1. The van der Waals surface area contributed by atoms with Gasteiger partial charge in [-0.15, -0.1) is 0 Å². The molecule has 7 heteroatoms. The number of halogens is 1. The van der Waals surface area contributed by atoms with E-state index in [0.29, 0.717) is 11.1 Å². The second kappa shape index (κ2) is 5.18. The summed E-state index contributed by atoms with van der Waals surface area (Å²) in [6.45, 7) is 0. The Bertz CT molecular complexity index is 854. The fourth-order valence-electron chi connectivity index (χ4n) is 1.68. The molecule has 6 nitrogen and oxygen atoms in total. The van der Waals surface area contributed by atoms with Crippen molar-refractivity contribution in [3.8, 4) is 5.75 Å². The summed E-state index contributed by atoms with van der Waals surface area (Å²) in [5.74, 6) is -2.15. The minimum absolute atomic E-state index is 0.108. The van der Waals surface area contributed by atoms with Gasteiger partial charge in [0.2, 0.25) is 0 Å². The third-order valence-corrected chi connectivity index (χ3v) is 2.82. The number of carboxylic acid groups (broad SMARTS) is 1. The Morgan fingerprint density at radius 3 is 2.65 bits per heavy atom. The summed E-state index contributed by atoms with van der Waals surface area (Å²) in [7, 11) is 0. The van der Waals surface area contributed by atoms with Crippen LogP contribution in [0.4, 0.5) is 0 Å². The number of benzene rings is 1. The van der Waals surface area contributed by atoms with E-state index < -0.39 is 28.3 Å². The molecule has 20 heavy (non-hydrogen) atoms. The number of fused-ring (bicyclic) bond motifs is 1. The summed E-state index contributed by atoms with van der Waals surface area (Å²) in [4.78, 5) is 36.7. The number of aromatic nitrogens is 1. The van der Waals surface area contributed by atoms with Crippen LogP contribution in [0.5, 0.6) is 5.75 Å². The molecule has 0 aliphatic carbocycles. The number of hydrogen-bond donors (Lipinski definition) is 3. The van der Waals surface area contributed by atoms with Gasteiger partial charge in [0.25, 0.3) is 5.56 Å². The lowest BCUT2D eigenvalue weighted by Gasteiger charge is -1.92. The highest BCUT2D eigenvalue weighted by atomic mass is 35.5. The fraction of sp³-hybridized carbons (Fsp3) is 0. The largest absolute Gasteiger partial charge is 0.503 e. The monoisotopic (exact) mass is 293 g/mol. The quantitative estimate of drug-likeness (QED) is 0.724. The SMILES string of the molecule is O=C(O)/C=C/c1c(O)c(=O)[nH]c2cc(Cl)ccc2c1=O. The molecule has 0 atom stereocenters. The molecule has 0 fully saturated rings. The summed E-state index contributed by atoms with van der Waals surface area (Å²) in [6, 6.07) is 4.20. The van der Waals surface area contributed by atoms with Crippen LogP contribution in [-0.2, 0) is 4.79 Å². The van der Waals surface area contributed by atoms with Crippen molar-refractivity contribution in [3.05, 3.63) is 55.4 Å². The summed E-state index contributed by atoms with van der Waals surface area (Å²) in [6.07, 6.45) is 1.54. The van der Waals surface area contributed by atoms with Gasteiger partial charge in [-0.2, -0.15) is 0 Å². The van der Waals surface area contributed by atoms with Gasteiger partial charge >= 0.3 is 5.97 Å². The molecule has 0 amide bonds. The molecule has 1 aromatic carbocycles. The highest BCUT2D eigenvalue weighted by Crippen LogP contribution is 2.16. The Morgan fingerprint density at radius 1 is 1.30 bits per heavy atom. The predicted molar refractivity (Wildman–Crippen MR) is 74.2 cm³/mol. The van der Waals surface area contributed by atoms with E-state index in [0.717, 1.165) is 6.08 Å². The number of carbonyl (C=O) groups is 1. The lowest BCUT2D eigenvalue weighted by atomic mass is 10.1. The molecule has 0 unspecified atom stereocenters. The Balaban J connectivity index is 2.96. The number of rotatable bonds is 2. The smallest absolute Gasteiger partial charge is 0.328 e. The van der Waals surface area contributed by atoms with Crippen LogP contribution in [0.3, 0.4) is 0 Å². The average molecular weight is 294 g/mol. The van der Waals surface area contributed by atoms with Gasteiger partial charge in [-0.05, 0) is 24.3 Å². The Morgan fingerprint density at radius 2 is 2.00 bits per heavy atom. The maximum atomic E-state index is 12.2. The van der Waals surface area contributed by atoms with Gasteiger partial charge in [-0.3, -0.25) is 9.59 Å². The fourth-order valence-corrected chi connectivity index (χ4v) is 1.86. The summed E-state index contributed by atoms with van der Waals surface area (Å²) in [5, 5.41) is 18.7. The Kier molecular flexibility index (Phi) is 3.58. The minimum atomic E-state index is -1.31. The summed E-state index contributed by atoms with van der Waals surface area (Å²) >= 11 is 5.77. The molecule has 0 bridgehead atoms. The van der Waals surface area contributed by atoms with E-state index in [2.05, 4.69) is 4.98 Å². The lowest BCUT2D eigenvalue weighted by molar-refractivity contribution is -0.131. The lowest BCUT2D eigenvalue weighted by Crippen LogP contribution is -2.06. The highest BCUT2D eigenvalue weighted by molar-refractivity contribution is 6.31. The van der Waals surface area contributed by atoms with Gasteiger partial charge in [0, 0.05) is 16.5 Å². The number of hydrogen-bond acceptors (Lipinski definition) is 4. The molecule has 102 valence electrons. The van der Waals surface area contributed by atoms with Gasteiger partial charge in [-0.25, -0.2) is 4.79 Å². The number of H-pyrrole nitrogens is 1. The van der Waals surface area contributed by atoms with Crippen LogP contribution < -0.4 is 11.0 Å². The van der Waals surface area contributed by atoms with E-state index in [4.69, 9.17) is 16.7 Å². The molecule has 0 aliphatic rings. The van der Waals surface area contributed by atoms with Crippen LogP contribution in [-0.4, -0.2) is 21.2 Å². The van der Waals surface area contributed by atoms with Crippen LogP contribution in [0, 0.1) is 0 Å². The number of nitrogens with one attached hydrogen (secondary N) is 1. The number of aliphatic carboxylic acids is 1. The first-order chi connectivity index (χ1) is 9.40. The van der Waals surface area contributed by atoms with Crippen molar-refractivity contribution in [2.75, 3.05) is 0 Å². The Hall–Kier alpha value is -2.60. The first kappa shape index (κ1) is 13.8. The topological polar surface area (TPSA) is 107 Å². The van der Waals surface area contributed by atoms with E-state index in [1.165, 1.54) is 18.2 Å². The van der Waals surface area contributed by atoms with E-state index >= 15 is 0 Å². The predicted octanol–water partition coefficient (Wildman–Crippen LogP) is 1.35. The molecule has 0 saturated carbocycles. The van der Waals surface area contributed by atoms with E-state index in [1.54, 1.807) is 0 Å². The third kappa shape index (κ3) is 2.55. The van der Waals surface area contributed by atoms with Crippen LogP contribution in [0.15, 0.2) is 33.9 Å². The average Bonchev–Trinajstić information content (AvgIpc) is 2.45. The zero-order valence-electron chi connectivity index (χ0n) is 9.88. The molecule has 3 N–H and O–H groups in total. The molecule has 0 radical (unpaired) electrons. The van der Waals surface area contributed by atoms with Crippen molar-refractivity contribution in [1.82, 2.24) is 4.98 Å². The van der Waals surface area contributed by atoms with Gasteiger partial charge in [-0.1, -0.05) is 11.6 Å². The second-order valence-corrected chi connectivity index (χ2v) is 4.34. The normalized spacial score (nSPS) is 11.1. The summed E-state index contributed by atoms with van der Waals surface area (Å²) in [5.41, 5.74) is -1.84. The molecule has 0 saturated heterocycles. The molecule has 2 aromatic rings. The summed E-state index contributed by atoms with van der Waals surface area (Å²) < 4.78 is 0. The first-order valence-electron chi connectivity index (χ1n) is 5.40. The van der Waals surface area contributed by atoms with Crippen LogP contribution >= 0.6 is 11.6 Å². The van der Waals surface area contributed by atoms with Crippen molar-refractivity contribution in [2.24, 2.45) is 0 Å². The molecular weight excluding hydrogens is 286 g/mol. The van der Waals surface area contributed by atoms with Crippen molar-refractivity contribution in [2.45, 2.75) is 0 Å². The first-order valence-corrected chi connectivity index (χ1v) is 5.78. The molecule has 1 heterocycles. The third-order valence-electron chi connectivity index (χ3n) is 2.58. The highest BCUT2D eigenvalue weighted by Gasteiger charge is 2.10. The molecule has 0 spiro atoms. The standard InChI is InChI=1S/C13H8ClNO5/c14-6-1-2-7-9(5-6)15-13(20)12(19)8(11(7)18)3-4-10(16)17/h1-5,19H,(H,15,20)(H,16,17)/b4-3+. The van der Waals surface area contributed by atoms with E-state index in [9.17, 15) is 19.5 Å². The Labute approximate surface area is 116 Å². The van der Waals surface area contributed by atoms with Gasteiger partial charge in [0.1, 0.15) is 0 Å². The van der Waals surface area contributed by atoms with E-state index in [1.807, 2.05) is 0 Å². The zero-order valence-corrected chi connectivity index (χ0v) is 10.6. The van der Waals surface area contributed by atoms with E-state index in [-0.39, 0.29) is 10.9 Å². The minimum Gasteiger partial charge on any atom is -0.503 e. The molecule has 1 aromatic heterocycles. The van der Waals surface area contributed by atoms with Crippen LogP contribution in [0.1, 0.15) is 5.56 Å². The molecule has 0 aliphatic heterocycles.